The molecule has 0 saturated carbocycles. The van der Waals surface area contributed by atoms with E-state index in [-0.39, 0.29) is 11.5 Å². The van der Waals surface area contributed by atoms with Crippen LogP contribution in [0.25, 0.3) is 22.6 Å². The number of benzene rings is 3. The summed E-state index contributed by atoms with van der Waals surface area (Å²) >= 11 is 3.37. The molecule has 0 bridgehead atoms. The second kappa shape index (κ2) is 7.36. The number of aromatic nitrogens is 1. The van der Waals surface area contributed by atoms with E-state index in [0.717, 1.165) is 9.99 Å². The molecule has 0 amide bonds. The molecule has 3 aromatic carbocycles. The van der Waals surface area contributed by atoms with Crippen LogP contribution in [-0.2, 0) is 0 Å². The van der Waals surface area contributed by atoms with Crippen LogP contribution in [0.4, 0.5) is 5.69 Å². The molecule has 0 spiro atoms. The number of phenols is 2. The van der Waals surface area contributed by atoms with Gasteiger partial charge in [-0.3, -0.25) is 4.99 Å². The summed E-state index contributed by atoms with van der Waals surface area (Å²) in [6, 6.07) is 15.7. The number of hydrogen-bond donors (Lipinski definition) is 2. The largest absolute Gasteiger partial charge is 0.507 e. The molecule has 2 N–H and O–H groups in total. The average Bonchev–Trinajstić information content (AvgIpc) is 3.12. The number of oxazole rings is 1. The zero-order chi connectivity index (χ0) is 19.7. The number of ether oxygens (including phenoxy) is 1. The SMILES string of the molecule is COc1cc(Br)cc(C=Nc2ccc(-c3nc4ccccc4o3)c(O)c2)c1O. The van der Waals surface area contributed by atoms with E-state index in [1.165, 1.54) is 19.4 Å². The molecule has 0 atom stereocenters. The van der Waals surface area contributed by atoms with Gasteiger partial charge in [0, 0.05) is 22.3 Å². The summed E-state index contributed by atoms with van der Waals surface area (Å²) in [5, 5.41) is 20.6. The molecule has 140 valence electrons. The van der Waals surface area contributed by atoms with E-state index in [9.17, 15) is 10.2 Å². The first-order chi connectivity index (χ1) is 13.5. The summed E-state index contributed by atoms with van der Waals surface area (Å²) in [6.07, 6.45) is 1.50. The number of aromatic hydroxyl groups is 2. The van der Waals surface area contributed by atoms with Crippen LogP contribution in [0, 0.1) is 0 Å². The van der Waals surface area contributed by atoms with Crippen molar-refractivity contribution in [1.29, 1.82) is 0 Å². The van der Waals surface area contributed by atoms with E-state index < -0.39 is 0 Å². The van der Waals surface area contributed by atoms with Crippen molar-refractivity contribution in [3.63, 3.8) is 0 Å². The fourth-order valence-electron chi connectivity index (χ4n) is 2.76. The summed E-state index contributed by atoms with van der Waals surface area (Å²) in [6.45, 7) is 0. The molecule has 0 aliphatic carbocycles. The van der Waals surface area contributed by atoms with Gasteiger partial charge in [0.1, 0.15) is 11.3 Å². The Bertz CT molecular complexity index is 1170. The Hall–Kier alpha value is -3.32. The van der Waals surface area contributed by atoms with Crippen LogP contribution >= 0.6 is 15.9 Å². The highest BCUT2D eigenvalue weighted by molar-refractivity contribution is 9.10. The highest BCUT2D eigenvalue weighted by Gasteiger charge is 2.13. The van der Waals surface area contributed by atoms with Gasteiger partial charge in [0.05, 0.1) is 18.4 Å². The maximum atomic E-state index is 10.4. The lowest BCUT2D eigenvalue weighted by Gasteiger charge is -2.07. The second-order valence-corrected chi connectivity index (χ2v) is 6.91. The molecule has 0 saturated heterocycles. The monoisotopic (exact) mass is 438 g/mol. The standard InChI is InChI=1S/C21H15BrN2O4/c1-27-19-9-13(22)8-12(20(19)26)11-23-14-6-7-15(17(25)10-14)21-24-16-4-2-3-5-18(16)28-21/h2-11,25-26H,1H3. The molecule has 0 aliphatic rings. The molecule has 6 nitrogen and oxygen atoms in total. The van der Waals surface area contributed by atoms with Gasteiger partial charge in [-0.15, -0.1) is 0 Å². The average molecular weight is 439 g/mol. The van der Waals surface area contributed by atoms with Crippen molar-refractivity contribution < 1.29 is 19.4 Å². The van der Waals surface area contributed by atoms with E-state index >= 15 is 0 Å². The number of nitrogens with zero attached hydrogens (tertiary/aromatic N) is 2. The summed E-state index contributed by atoms with van der Waals surface area (Å²) in [7, 11) is 1.48. The minimum Gasteiger partial charge on any atom is -0.507 e. The highest BCUT2D eigenvalue weighted by atomic mass is 79.9. The number of rotatable bonds is 4. The molecular weight excluding hydrogens is 424 g/mol. The topological polar surface area (TPSA) is 88.1 Å². The Labute approximate surface area is 168 Å². The van der Waals surface area contributed by atoms with E-state index in [0.29, 0.717) is 34.0 Å². The predicted molar refractivity (Wildman–Crippen MR) is 111 cm³/mol. The molecule has 7 heteroatoms. The van der Waals surface area contributed by atoms with Crippen molar-refractivity contribution in [3.05, 3.63) is 64.6 Å². The maximum Gasteiger partial charge on any atom is 0.231 e. The van der Waals surface area contributed by atoms with Gasteiger partial charge >= 0.3 is 0 Å². The zero-order valence-corrected chi connectivity index (χ0v) is 16.3. The number of fused-ring (bicyclic) bond motifs is 1. The van der Waals surface area contributed by atoms with Crippen LogP contribution in [0.15, 0.2) is 68.5 Å². The number of methoxy groups -OCH3 is 1. The summed E-state index contributed by atoms with van der Waals surface area (Å²) in [4.78, 5) is 8.71. The minimum atomic E-state index is -0.0123. The molecule has 0 unspecified atom stereocenters. The molecule has 0 aliphatic heterocycles. The Morgan fingerprint density at radius 2 is 1.93 bits per heavy atom. The van der Waals surface area contributed by atoms with Crippen LogP contribution in [0.1, 0.15) is 5.56 Å². The van der Waals surface area contributed by atoms with E-state index in [1.807, 2.05) is 24.3 Å². The van der Waals surface area contributed by atoms with Gasteiger partial charge in [0.25, 0.3) is 0 Å². The van der Waals surface area contributed by atoms with E-state index in [2.05, 4.69) is 25.9 Å². The summed E-state index contributed by atoms with van der Waals surface area (Å²) < 4.78 is 11.6. The van der Waals surface area contributed by atoms with E-state index in [4.69, 9.17) is 9.15 Å². The van der Waals surface area contributed by atoms with Crippen LogP contribution < -0.4 is 4.74 Å². The molecule has 4 rings (SSSR count). The number of phenolic OH excluding ortho intramolecular Hbond substituents is 2. The van der Waals surface area contributed by atoms with Crippen molar-refractivity contribution in [2.24, 2.45) is 4.99 Å². The van der Waals surface area contributed by atoms with Crippen LogP contribution in [0.3, 0.4) is 0 Å². The second-order valence-electron chi connectivity index (χ2n) is 5.99. The van der Waals surface area contributed by atoms with Crippen molar-refractivity contribution >= 4 is 38.9 Å². The smallest absolute Gasteiger partial charge is 0.231 e. The van der Waals surface area contributed by atoms with Gasteiger partial charge in [-0.25, -0.2) is 4.98 Å². The lowest BCUT2D eigenvalue weighted by Crippen LogP contribution is -1.89. The first-order valence-electron chi connectivity index (χ1n) is 8.34. The minimum absolute atomic E-state index is 0.00255. The number of aliphatic imine (C=N–C) groups is 1. The quantitative estimate of drug-likeness (QED) is 0.414. The summed E-state index contributed by atoms with van der Waals surface area (Å²) in [5.74, 6) is 0.660. The highest BCUT2D eigenvalue weighted by Crippen LogP contribution is 2.35. The predicted octanol–water partition coefficient (Wildman–Crippen LogP) is 5.43. The Morgan fingerprint density at radius 3 is 2.68 bits per heavy atom. The Morgan fingerprint density at radius 1 is 1.11 bits per heavy atom. The fourth-order valence-corrected chi connectivity index (χ4v) is 3.22. The van der Waals surface area contributed by atoms with Gasteiger partial charge in [-0.2, -0.15) is 0 Å². The maximum absolute atomic E-state index is 10.4. The van der Waals surface area contributed by atoms with Crippen LogP contribution in [0.2, 0.25) is 0 Å². The van der Waals surface area contributed by atoms with Crippen LogP contribution in [0.5, 0.6) is 17.2 Å². The zero-order valence-electron chi connectivity index (χ0n) is 14.8. The van der Waals surface area contributed by atoms with E-state index in [1.54, 1.807) is 24.3 Å². The Balaban J connectivity index is 1.65. The van der Waals surface area contributed by atoms with Crippen molar-refractivity contribution in [1.82, 2.24) is 4.98 Å². The van der Waals surface area contributed by atoms with Gasteiger partial charge in [-0.1, -0.05) is 28.1 Å². The Kier molecular flexibility index (Phi) is 4.75. The number of para-hydroxylation sites is 2. The third-order valence-corrected chi connectivity index (χ3v) is 4.61. The van der Waals surface area contributed by atoms with Crippen molar-refractivity contribution in [3.8, 4) is 28.7 Å². The van der Waals surface area contributed by atoms with Gasteiger partial charge < -0.3 is 19.4 Å². The molecule has 1 aromatic heterocycles. The summed E-state index contributed by atoms with van der Waals surface area (Å²) in [5.41, 5.74) is 2.84. The van der Waals surface area contributed by atoms with Gasteiger partial charge in [0.15, 0.2) is 17.1 Å². The number of hydrogen-bond acceptors (Lipinski definition) is 6. The first kappa shape index (κ1) is 18.1. The fraction of sp³-hybridized carbons (Fsp3) is 0.0476. The molecule has 0 fully saturated rings. The third-order valence-electron chi connectivity index (χ3n) is 4.15. The van der Waals surface area contributed by atoms with Crippen LogP contribution in [-0.4, -0.2) is 28.5 Å². The first-order valence-corrected chi connectivity index (χ1v) is 9.14. The molecular formula is C21H15BrN2O4. The van der Waals surface area contributed by atoms with Gasteiger partial charge in [-0.05, 0) is 36.4 Å². The lowest BCUT2D eigenvalue weighted by molar-refractivity contribution is 0.373. The molecule has 28 heavy (non-hydrogen) atoms. The normalized spacial score (nSPS) is 11.4. The lowest BCUT2D eigenvalue weighted by atomic mass is 10.1. The number of halogens is 1. The van der Waals surface area contributed by atoms with Crippen molar-refractivity contribution in [2.75, 3.05) is 7.11 Å². The molecule has 1 heterocycles. The van der Waals surface area contributed by atoms with Crippen molar-refractivity contribution in [2.45, 2.75) is 0 Å². The molecule has 0 radical (unpaired) electrons. The van der Waals surface area contributed by atoms with Gasteiger partial charge in [0.2, 0.25) is 5.89 Å². The third kappa shape index (κ3) is 3.44. The molecule has 4 aromatic rings.